The van der Waals surface area contributed by atoms with Crippen molar-refractivity contribution in [3.8, 4) is 0 Å². The van der Waals surface area contributed by atoms with Gasteiger partial charge in [-0.2, -0.15) is 0 Å². The van der Waals surface area contributed by atoms with Gasteiger partial charge in [0.2, 0.25) is 0 Å². The van der Waals surface area contributed by atoms with Crippen molar-refractivity contribution in [3.63, 3.8) is 0 Å². The standard InChI is InChI=1S/C10H7BrCl2N2/c1-4-8(11)9(14)7-5(12)2-3-6(13)10(7)15-4/h2-3H,1H3,(H2,14,15). The number of aromatic nitrogens is 1. The zero-order valence-electron chi connectivity index (χ0n) is 7.81. The lowest BCUT2D eigenvalue weighted by molar-refractivity contribution is 1.24. The molecule has 0 aliphatic carbocycles. The summed E-state index contributed by atoms with van der Waals surface area (Å²) in [6.07, 6.45) is 0. The molecule has 5 heteroatoms. The maximum Gasteiger partial charge on any atom is 0.0927 e. The van der Waals surface area contributed by atoms with Crippen molar-refractivity contribution in [3.05, 3.63) is 32.3 Å². The summed E-state index contributed by atoms with van der Waals surface area (Å²) in [7, 11) is 0. The van der Waals surface area contributed by atoms with Crippen LogP contribution in [-0.2, 0) is 0 Å². The van der Waals surface area contributed by atoms with E-state index in [1.54, 1.807) is 12.1 Å². The third-order valence-corrected chi connectivity index (χ3v) is 3.80. The van der Waals surface area contributed by atoms with Crippen LogP contribution in [-0.4, -0.2) is 4.98 Å². The second-order valence-corrected chi connectivity index (χ2v) is 4.79. The Kier molecular flexibility index (Phi) is 2.79. The average Bonchev–Trinajstić information content (AvgIpc) is 2.20. The fourth-order valence-corrected chi connectivity index (χ4v) is 2.17. The van der Waals surface area contributed by atoms with Gasteiger partial charge < -0.3 is 5.73 Å². The first-order valence-electron chi connectivity index (χ1n) is 4.21. The molecule has 0 atom stereocenters. The van der Waals surface area contributed by atoms with Gasteiger partial charge in [-0.05, 0) is 35.0 Å². The van der Waals surface area contributed by atoms with Gasteiger partial charge in [-0.1, -0.05) is 23.2 Å². The summed E-state index contributed by atoms with van der Waals surface area (Å²) in [5.74, 6) is 0. The van der Waals surface area contributed by atoms with Crippen molar-refractivity contribution in [2.75, 3.05) is 5.73 Å². The Morgan fingerprint density at radius 1 is 1.27 bits per heavy atom. The maximum atomic E-state index is 6.06. The van der Waals surface area contributed by atoms with Crippen molar-refractivity contribution in [2.24, 2.45) is 0 Å². The number of hydrogen-bond donors (Lipinski definition) is 1. The maximum absolute atomic E-state index is 6.06. The Labute approximate surface area is 106 Å². The highest BCUT2D eigenvalue weighted by Gasteiger charge is 2.12. The molecular formula is C10H7BrCl2N2. The van der Waals surface area contributed by atoms with E-state index in [4.69, 9.17) is 28.9 Å². The van der Waals surface area contributed by atoms with E-state index >= 15 is 0 Å². The molecule has 0 bridgehead atoms. The number of rotatable bonds is 0. The fourth-order valence-electron chi connectivity index (χ4n) is 1.43. The van der Waals surface area contributed by atoms with E-state index in [9.17, 15) is 0 Å². The number of pyridine rings is 1. The first kappa shape index (κ1) is 11.0. The lowest BCUT2D eigenvalue weighted by Gasteiger charge is -2.09. The summed E-state index contributed by atoms with van der Waals surface area (Å²) in [4.78, 5) is 4.35. The van der Waals surface area contributed by atoms with E-state index in [1.807, 2.05) is 6.92 Å². The van der Waals surface area contributed by atoms with E-state index in [1.165, 1.54) is 0 Å². The van der Waals surface area contributed by atoms with E-state index in [0.29, 0.717) is 26.6 Å². The minimum atomic E-state index is 0.553. The van der Waals surface area contributed by atoms with Gasteiger partial charge in [0.1, 0.15) is 0 Å². The molecule has 0 aliphatic heterocycles. The smallest absolute Gasteiger partial charge is 0.0927 e. The van der Waals surface area contributed by atoms with E-state index in [2.05, 4.69) is 20.9 Å². The molecule has 0 radical (unpaired) electrons. The van der Waals surface area contributed by atoms with Gasteiger partial charge in [0.15, 0.2) is 0 Å². The van der Waals surface area contributed by atoms with E-state index in [0.717, 1.165) is 10.2 Å². The molecule has 78 valence electrons. The van der Waals surface area contributed by atoms with Crippen LogP contribution in [0, 0.1) is 6.92 Å². The lowest BCUT2D eigenvalue weighted by atomic mass is 10.1. The summed E-state index contributed by atoms with van der Waals surface area (Å²) < 4.78 is 0.763. The van der Waals surface area contributed by atoms with Gasteiger partial charge in [0, 0.05) is 5.39 Å². The summed E-state index contributed by atoms with van der Waals surface area (Å²) in [6.45, 7) is 1.86. The molecule has 1 aromatic heterocycles. The zero-order valence-corrected chi connectivity index (χ0v) is 10.9. The van der Waals surface area contributed by atoms with Crippen LogP contribution in [0.25, 0.3) is 10.9 Å². The average molecular weight is 306 g/mol. The summed E-state index contributed by atoms with van der Waals surface area (Å²) in [6, 6.07) is 3.43. The highest BCUT2D eigenvalue weighted by Crippen LogP contribution is 2.37. The second kappa shape index (κ2) is 3.81. The van der Waals surface area contributed by atoms with E-state index in [-0.39, 0.29) is 0 Å². The molecule has 1 aromatic carbocycles. The highest BCUT2D eigenvalue weighted by atomic mass is 79.9. The number of fused-ring (bicyclic) bond motifs is 1. The fraction of sp³-hybridized carbons (Fsp3) is 0.100. The Balaban J connectivity index is 3.04. The molecule has 2 rings (SSSR count). The monoisotopic (exact) mass is 304 g/mol. The van der Waals surface area contributed by atoms with Crippen LogP contribution < -0.4 is 5.73 Å². The number of nitrogens with zero attached hydrogens (tertiary/aromatic N) is 1. The molecule has 2 nitrogen and oxygen atoms in total. The number of anilines is 1. The summed E-state index contributed by atoms with van der Waals surface area (Å²) in [5.41, 5.74) is 7.97. The van der Waals surface area contributed by atoms with Crippen LogP contribution in [0.15, 0.2) is 16.6 Å². The molecule has 2 N–H and O–H groups in total. The summed E-state index contributed by atoms with van der Waals surface area (Å²) in [5, 5.41) is 1.80. The second-order valence-electron chi connectivity index (χ2n) is 3.18. The van der Waals surface area contributed by atoms with Crippen LogP contribution >= 0.6 is 39.1 Å². The zero-order chi connectivity index (χ0) is 11.2. The summed E-state index contributed by atoms with van der Waals surface area (Å²) >= 11 is 15.5. The first-order chi connectivity index (χ1) is 7.02. The van der Waals surface area contributed by atoms with Crippen LogP contribution in [0.3, 0.4) is 0 Å². The Bertz CT molecular complexity index is 555. The molecule has 0 aliphatic rings. The van der Waals surface area contributed by atoms with E-state index < -0.39 is 0 Å². The van der Waals surface area contributed by atoms with Gasteiger partial charge >= 0.3 is 0 Å². The topological polar surface area (TPSA) is 38.9 Å². The minimum absolute atomic E-state index is 0.553. The minimum Gasteiger partial charge on any atom is -0.397 e. The largest absolute Gasteiger partial charge is 0.397 e. The highest BCUT2D eigenvalue weighted by molar-refractivity contribution is 9.10. The predicted molar refractivity (Wildman–Crippen MR) is 68.6 cm³/mol. The van der Waals surface area contributed by atoms with Crippen molar-refractivity contribution in [1.29, 1.82) is 0 Å². The van der Waals surface area contributed by atoms with Crippen LogP contribution in [0.5, 0.6) is 0 Å². The molecule has 0 saturated heterocycles. The molecule has 0 spiro atoms. The van der Waals surface area contributed by atoms with Gasteiger partial charge in [0.05, 0.1) is 31.4 Å². The third kappa shape index (κ3) is 1.69. The number of nitrogen functional groups attached to an aromatic ring is 1. The molecule has 1 heterocycles. The van der Waals surface area contributed by atoms with Gasteiger partial charge in [-0.25, -0.2) is 0 Å². The first-order valence-corrected chi connectivity index (χ1v) is 5.76. The number of halogens is 3. The van der Waals surface area contributed by atoms with Gasteiger partial charge in [0.25, 0.3) is 0 Å². The number of aryl methyl sites for hydroxylation is 1. The molecule has 0 unspecified atom stereocenters. The third-order valence-electron chi connectivity index (χ3n) is 2.18. The molecule has 0 amide bonds. The quantitative estimate of drug-likeness (QED) is 0.792. The predicted octanol–water partition coefficient (Wildman–Crippen LogP) is 4.19. The Morgan fingerprint density at radius 3 is 2.53 bits per heavy atom. The molecule has 0 fully saturated rings. The van der Waals surface area contributed by atoms with Crippen molar-refractivity contribution < 1.29 is 0 Å². The van der Waals surface area contributed by atoms with Gasteiger partial charge in [-0.15, -0.1) is 0 Å². The molecular weight excluding hydrogens is 299 g/mol. The van der Waals surface area contributed by atoms with Crippen LogP contribution in [0.1, 0.15) is 5.69 Å². The SMILES string of the molecule is Cc1nc2c(Cl)ccc(Cl)c2c(N)c1Br. The normalized spacial score (nSPS) is 10.9. The van der Waals surface area contributed by atoms with Crippen LogP contribution in [0.2, 0.25) is 10.0 Å². The molecule has 0 saturated carbocycles. The van der Waals surface area contributed by atoms with Crippen LogP contribution in [0.4, 0.5) is 5.69 Å². The van der Waals surface area contributed by atoms with Crippen molar-refractivity contribution in [1.82, 2.24) is 4.98 Å². The lowest BCUT2D eigenvalue weighted by Crippen LogP contribution is -1.96. The number of benzene rings is 1. The number of nitrogens with two attached hydrogens (primary N) is 1. The Morgan fingerprint density at radius 2 is 1.87 bits per heavy atom. The van der Waals surface area contributed by atoms with Gasteiger partial charge in [-0.3, -0.25) is 4.98 Å². The van der Waals surface area contributed by atoms with Crippen molar-refractivity contribution >= 4 is 55.7 Å². The molecule has 2 aromatic rings. The van der Waals surface area contributed by atoms with Crippen molar-refractivity contribution in [2.45, 2.75) is 6.92 Å². The Hall–Kier alpha value is -0.510. The number of hydrogen-bond acceptors (Lipinski definition) is 2. The molecule has 15 heavy (non-hydrogen) atoms.